The molecule has 0 saturated carbocycles. The Morgan fingerprint density at radius 1 is 1.26 bits per heavy atom. The number of thioether (sulfide) groups is 1. The first-order chi connectivity index (χ1) is 9.34. The summed E-state index contributed by atoms with van der Waals surface area (Å²) in [6.07, 6.45) is 1.32. The summed E-state index contributed by atoms with van der Waals surface area (Å²) in [6, 6.07) is 10.4. The maximum atomic E-state index is 3.57. The van der Waals surface area contributed by atoms with Crippen molar-refractivity contribution in [2.24, 2.45) is 11.8 Å². The fourth-order valence-electron chi connectivity index (χ4n) is 4.28. The number of nitrogens with zero attached hydrogens (tertiary/aromatic N) is 1. The van der Waals surface area contributed by atoms with E-state index in [0.29, 0.717) is 6.04 Å². The molecular weight excluding hydrogens is 252 g/mol. The van der Waals surface area contributed by atoms with Crippen molar-refractivity contribution in [3.63, 3.8) is 0 Å². The van der Waals surface area contributed by atoms with Crippen LogP contribution in [0.4, 0.5) is 0 Å². The molecule has 0 aliphatic carbocycles. The predicted molar refractivity (Wildman–Crippen MR) is 80.5 cm³/mol. The van der Waals surface area contributed by atoms with Crippen LogP contribution in [0, 0.1) is 11.8 Å². The molecule has 0 aromatic heterocycles. The van der Waals surface area contributed by atoms with Crippen LogP contribution in [-0.4, -0.2) is 36.3 Å². The average molecular weight is 274 g/mol. The van der Waals surface area contributed by atoms with Gasteiger partial charge in [-0.2, -0.15) is 0 Å². The van der Waals surface area contributed by atoms with Crippen LogP contribution in [0.5, 0.6) is 0 Å². The lowest BCUT2D eigenvalue weighted by atomic mass is 9.95. The number of hydrogen-bond donors (Lipinski definition) is 1. The van der Waals surface area contributed by atoms with Gasteiger partial charge in [0.25, 0.3) is 0 Å². The molecule has 1 aromatic rings. The first-order valence-corrected chi connectivity index (χ1v) is 8.51. The summed E-state index contributed by atoms with van der Waals surface area (Å²) in [5, 5.41) is 3.57. The van der Waals surface area contributed by atoms with Gasteiger partial charge in [0.2, 0.25) is 0 Å². The molecular formula is C16H22N2S. The molecule has 2 nitrogen and oxygen atoms in total. The third kappa shape index (κ3) is 1.94. The molecule has 3 heteroatoms. The summed E-state index contributed by atoms with van der Waals surface area (Å²) in [5.74, 6) is 3.04. The van der Waals surface area contributed by atoms with E-state index in [1.54, 1.807) is 5.56 Å². The first kappa shape index (κ1) is 12.2. The van der Waals surface area contributed by atoms with Crippen molar-refractivity contribution in [1.82, 2.24) is 10.2 Å². The van der Waals surface area contributed by atoms with E-state index in [2.05, 4.69) is 41.4 Å². The molecule has 102 valence electrons. The molecule has 0 radical (unpaired) electrons. The Hall–Kier alpha value is -0.510. The first-order valence-electron chi connectivity index (χ1n) is 7.53. The summed E-state index contributed by atoms with van der Waals surface area (Å²) < 4.78 is 0. The Labute approximate surface area is 119 Å². The molecule has 4 atom stereocenters. The van der Waals surface area contributed by atoms with E-state index in [-0.39, 0.29) is 0 Å². The van der Waals surface area contributed by atoms with Gasteiger partial charge >= 0.3 is 0 Å². The minimum Gasteiger partial charge on any atom is -0.316 e. The Morgan fingerprint density at radius 3 is 3.05 bits per heavy atom. The van der Waals surface area contributed by atoms with Crippen LogP contribution in [-0.2, 0) is 0 Å². The maximum Gasteiger partial charge on any atom is 0.0370 e. The highest BCUT2D eigenvalue weighted by atomic mass is 32.2. The second-order valence-corrected chi connectivity index (χ2v) is 7.35. The molecule has 3 heterocycles. The van der Waals surface area contributed by atoms with Crippen LogP contribution < -0.4 is 5.32 Å². The number of likely N-dealkylation sites (tertiary alicyclic amines) is 1. The second-order valence-electron chi connectivity index (χ2n) is 6.21. The normalized spacial score (nSPS) is 38.2. The van der Waals surface area contributed by atoms with Gasteiger partial charge in [0.1, 0.15) is 0 Å². The largest absolute Gasteiger partial charge is 0.316 e. The smallest absolute Gasteiger partial charge is 0.0370 e. The van der Waals surface area contributed by atoms with Gasteiger partial charge in [-0.25, -0.2) is 0 Å². The lowest BCUT2D eigenvalue weighted by Crippen LogP contribution is -2.37. The predicted octanol–water partition coefficient (Wildman–Crippen LogP) is 2.76. The van der Waals surface area contributed by atoms with Crippen molar-refractivity contribution < 1.29 is 0 Å². The maximum absolute atomic E-state index is 3.57. The van der Waals surface area contributed by atoms with Gasteiger partial charge in [0.05, 0.1) is 0 Å². The van der Waals surface area contributed by atoms with E-state index in [1.807, 2.05) is 11.8 Å². The molecule has 19 heavy (non-hydrogen) atoms. The number of nitrogens with one attached hydrogen (secondary N) is 1. The highest BCUT2D eigenvalue weighted by molar-refractivity contribution is 7.99. The molecule has 3 aliphatic rings. The lowest BCUT2D eigenvalue weighted by molar-refractivity contribution is 0.163. The summed E-state index contributed by atoms with van der Waals surface area (Å²) >= 11 is 2.03. The topological polar surface area (TPSA) is 15.3 Å². The van der Waals surface area contributed by atoms with Crippen molar-refractivity contribution in [1.29, 1.82) is 0 Å². The van der Waals surface area contributed by atoms with Gasteiger partial charge in [0, 0.05) is 23.5 Å². The Balaban J connectivity index is 1.64. The molecule has 4 rings (SSSR count). The monoisotopic (exact) mass is 274 g/mol. The zero-order chi connectivity index (χ0) is 12.8. The van der Waals surface area contributed by atoms with E-state index in [0.717, 1.165) is 17.9 Å². The van der Waals surface area contributed by atoms with E-state index in [9.17, 15) is 0 Å². The van der Waals surface area contributed by atoms with Crippen molar-refractivity contribution in [3.8, 4) is 0 Å². The van der Waals surface area contributed by atoms with Crippen molar-refractivity contribution in [2.75, 3.05) is 25.4 Å². The molecule has 3 aliphatic heterocycles. The molecule has 4 unspecified atom stereocenters. The van der Waals surface area contributed by atoms with Crippen LogP contribution in [0.3, 0.4) is 0 Å². The zero-order valence-corrected chi connectivity index (χ0v) is 12.3. The van der Waals surface area contributed by atoms with Crippen LogP contribution in [0.25, 0.3) is 0 Å². The number of benzene rings is 1. The van der Waals surface area contributed by atoms with Gasteiger partial charge in [-0.3, -0.25) is 4.90 Å². The molecule has 0 spiro atoms. The summed E-state index contributed by atoms with van der Waals surface area (Å²) in [7, 11) is 0. The Kier molecular flexibility index (Phi) is 3.09. The van der Waals surface area contributed by atoms with Gasteiger partial charge in [-0.1, -0.05) is 18.2 Å². The third-order valence-electron chi connectivity index (χ3n) is 5.31. The van der Waals surface area contributed by atoms with E-state index in [1.165, 1.54) is 36.7 Å². The molecule has 1 N–H and O–H groups in total. The number of hydrogen-bond acceptors (Lipinski definition) is 3. The van der Waals surface area contributed by atoms with Gasteiger partial charge in [-0.15, -0.1) is 11.8 Å². The van der Waals surface area contributed by atoms with E-state index >= 15 is 0 Å². The molecule has 1 aromatic carbocycles. The molecule has 0 amide bonds. The van der Waals surface area contributed by atoms with E-state index in [4.69, 9.17) is 0 Å². The molecule has 2 fully saturated rings. The fourth-order valence-corrected chi connectivity index (χ4v) is 5.39. The standard InChI is InChI=1S/C16H22N2S/c1-11-14-9-17-8-12(14)10-18(11)15-6-7-19-16-5-3-2-4-13(15)16/h2-5,11-12,14-15,17H,6-10H2,1H3. The SMILES string of the molecule is CC1C2CNCC2CN1C1CCSc2ccccc21. The summed E-state index contributed by atoms with van der Waals surface area (Å²) in [6.45, 7) is 6.20. The number of fused-ring (bicyclic) bond motifs is 2. The highest BCUT2D eigenvalue weighted by Crippen LogP contribution is 2.44. The third-order valence-corrected chi connectivity index (χ3v) is 6.43. The van der Waals surface area contributed by atoms with Crippen LogP contribution in [0.2, 0.25) is 0 Å². The molecule has 2 saturated heterocycles. The summed E-state index contributed by atoms with van der Waals surface area (Å²) in [4.78, 5) is 4.32. The lowest BCUT2D eigenvalue weighted by Gasteiger charge is -2.36. The Bertz CT molecular complexity index is 476. The van der Waals surface area contributed by atoms with Crippen LogP contribution in [0.1, 0.15) is 24.9 Å². The number of rotatable bonds is 1. The zero-order valence-electron chi connectivity index (χ0n) is 11.5. The quantitative estimate of drug-likeness (QED) is 0.848. The van der Waals surface area contributed by atoms with Gasteiger partial charge in [-0.05, 0) is 55.7 Å². The fraction of sp³-hybridized carbons (Fsp3) is 0.625. The molecule has 0 bridgehead atoms. The average Bonchev–Trinajstić information content (AvgIpc) is 3.02. The minimum absolute atomic E-state index is 0.665. The second kappa shape index (κ2) is 4.80. The van der Waals surface area contributed by atoms with Crippen molar-refractivity contribution >= 4 is 11.8 Å². The van der Waals surface area contributed by atoms with Crippen LogP contribution >= 0.6 is 11.8 Å². The van der Waals surface area contributed by atoms with Crippen molar-refractivity contribution in [3.05, 3.63) is 29.8 Å². The summed E-state index contributed by atoms with van der Waals surface area (Å²) in [5.41, 5.74) is 1.58. The van der Waals surface area contributed by atoms with Crippen LogP contribution in [0.15, 0.2) is 29.2 Å². The minimum atomic E-state index is 0.665. The van der Waals surface area contributed by atoms with Gasteiger partial charge < -0.3 is 5.32 Å². The Morgan fingerprint density at radius 2 is 2.16 bits per heavy atom. The van der Waals surface area contributed by atoms with Crippen molar-refractivity contribution in [2.45, 2.75) is 30.3 Å². The highest BCUT2D eigenvalue weighted by Gasteiger charge is 2.44. The van der Waals surface area contributed by atoms with Gasteiger partial charge in [0.15, 0.2) is 0 Å². The van der Waals surface area contributed by atoms with E-state index < -0.39 is 0 Å².